The number of hydrogen-bond acceptors (Lipinski definition) is 6. The zero-order valence-corrected chi connectivity index (χ0v) is 10.7. The van der Waals surface area contributed by atoms with Gasteiger partial charge in [0.2, 0.25) is 11.5 Å². The van der Waals surface area contributed by atoms with Crippen molar-refractivity contribution < 1.29 is 13.8 Å². The Morgan fingerprint density at radius 1 is 1.33 bits per heavy atom. The quantitative estimate of drug-likeness (QED) is 0.541. The third-order valence-electron chi connectivity index (χ3n) is 2.85. The number of benzene rings is 1. The molecule has 1 aromatic carbocycles. The summed E-state index contributed by atoms with van der Waals surface area (Å²) >= 11 is 0. The molecule has 3 rings (SSSR count). The van der Waals surface area contributed by atoms with Crippen molar-refractivity contribution in [3.63, 3.8) is 0 Å². The van der Waals surface area contributed by atoms with E-state index in [1.165, 1.54) is 36.0 Å². The summed E-state index contributed by atoms with van der Waals surface area (Å²) in [4.78, 5) is 14.5. The van der Waals surface area contributed by atoms with E-state index in [-0.39, 0.29) is 28.9 Å². The summed E-state index contributed by atoms with van der Waals surface area (Å²) in [5.74, 6) is -0.203. The Balaban J connectivity index is 2.05. The number of aromatic nitrogens is 4. The van der Waals surface area contributed by atoms with Crippen LogP contribution in [0.1, 0.15) is 0 Å². The molecule has 0 aliphatic heterocycles. The zero-order chi connectivity index (χ0) is 15.0. The number of nitrogens with zero attached hydrogens (tertiary/aromatic N) is 5. The molecule has 0 bridgehead atoms. The summed E-state index contributed by atoms with van der Waals surface area (Å²) in [5, 5.41) is 18.5. The third kappa shape index (κ3) is 2.24. The minimum absolute atomic E-state index is 0.0268. The lowest BCUT2D eigenvalue weighted by Crippen LogP contribution is -1.96. The van der Waals surface area contributed by atoms with E-state index in [2.05, 4.69) is 15.2 Å². The molecule has 0 atom stereocenters. The topological polar surface area (TPSA) is 99.9 Å². The molecule has 9 heteroatoms. The van der Waals surface area contributed by atoms with Gasteiger partial charge in [0.15, 0.2) is 0 Å². The molecular weight excluding hydrogens is 281 g/mol. The number of nitro groups is 1. The first-order valence-electron chi connectivity index (χ1n) is 5.82. The Morgan fingerprint density at radius 3 is 2.71 bits per heavy atom. The maximum Gasteiger partial charge on any atom is 0.320 e. The van der Waals surface area contributed by atoms with Crippen molar-refractivity contribution in [1.29, 1.82) is 0 Å². The van der Waals surface area contributed by atoms with E-state index in [4.69, 9.17) is 4.52 Å². The molecule has 2 aromatic heterocycles. The molecule has 3 aromatic rings. The molecule has 0 amide bonds. The van der Waals surface area contributed by atoms with E-state index in [9.17, 15) is 14.5 Å². The van der Waals surface area contributed by atoms with Crippen LogP contribution in [0, 0.1) is 15.9 Å². The van der Waals surface area contributed by atoms with Gasteiger partial charge in [-0.1, -0.05) is 5.16 Å². The third-order valence-corrected chi connectivity index (χ3v) is 2.85. The van der Waals surface area contributed by atoms with Gasteiger partial charge in [0.1, 0.15) is 12.0 Å². The van der Waals surface area contributed by atoms with E-state index >= 15 is 0 Å². The van der Waals surface area contributed by atoms with Crippen LogP contribution in [0.3, 0.4) is 0 Å². The van der Waals surface area contributed by atoms with Crippen molar-refractivity contribution in [1.82, 2.24) is 19.9 Å². The fourth-order valence-corrected chi connectivity index (χ4v) is 1.84. The van der Waals surface area contributed by atoms with Gasteiger partial charge in [0.25, 0.3) is 5.89 Å². The minimum Gasteiger partial charge on any atom is -0.332 e. The Kier molecular flexibility index (Phi) is 2.94. The fraction of sp³-hybridized carbons (Fsp3) is 0.0833. The summed E-state index contributed by atoms with van der Waals surface area (Å²) in [7, 11) is 1.53. The maximum absolute atomic E-state index is 12.9. The molecule has 0 aliphatic rings. The van der Waals surface area contributed by atoms with E-state index in [1.807, 2.05) is 0 Å². The van der Waals surface area contributed by atoms with Crippen LogP contribution >= 0.6 is 0 Å². The molecule has 0 aliphatic carbocycles. The number of aryl methyl sites for hydroxylation is 1. The Bertz CT molecular complexity index is 809. The Morgan fingerprint density at radius 2 is 2.05 bits per heavy atom. The van der Waals surface area contributed by atoms with Crippen LogP contribution in [0.2, 0.25) is 0 Å². The standard InChI is InChI=1S/C12H8FN5O3/c1-17-10(9(6-14-17)18(19)20)12-15-11(16-21-12)7-2-4-8(13)5-3-7/h2-6H,1H3. The van der Waals surface area contributed by atoms with Crippen LogP contribution in [0.4, 0.5) is 10.1 Å². The molecule has 2 heterocycles. The van der Waals surface area contributed by atoms with Gasteiger partial charge in [0.05, 0.1) is 4.92 Å². The van der Waals surface area contributed by atoms with Gasteiger partial charge in [-0.2, -0.15) is 10.1 Å². The van der Waals surface area contributed by atoms with Gasteiger partial charge in [-0.25, -0.2) is 4.39 Å². The highest BCUT2D eigenvalue weighted by Gasteiger charge is 2.25. The first kappa shape index (κ1) is 12.9. The largest absolute Gasteiger partial charge is 0.332 e. The summed E-state index contributed by atoms with van der Waals surface area (Å²) in [5.41, 5.74) is 0.420. The van der Waals surface area contributed by atoms with E-state index in [0.29, 0.717) is 5.56 Å². The second-order valence-corrected chi connectivity index (χ2v) is 4.19. The molecular formula is C12H8FN5O3. The SMILES string of the molecule is Cn1ncc([N+](=O)[O-])c1-c1nc(-c2ccc(F)cc2)no1. The normalized spacial score (nSPS) is 10.8. The van der Waals surface area contributed by atoms with E-state index in [1.54, 1.807) is 0 Å². The predicted molar refractivity (Wildman–Crippen MR) is 68.5 cm³/mol. The molecule has 21 heavy (non-hydrogen) atoms. The van der Waals surface area contributed by atoms with Crippen molar-refractivity contribution in [2.24, 2.45) is 7.05 Å². The molecule has 0 radical (unpaired) electrons. The molecule has 0 fully saturated rings. The lowest BCUT2D eigenvalue weighted by molar-refractivity contribution is -0.384. The van der Waals surface area contributed by atoms with Crippen LogP contribution < -0.4 is 0 Å². The fourth-order valence-electron chi connectivity index (χ4n) is 1.84. The molecule has 8 nitrogen and oxygen atoms in total. The summed E-state index contributed by atoms with van der Waals surface area (Å²) in [6.45, 7) is 0. The average Bonchev–Trinajstić information content (AvgIpc) is 3.05. The predicted octanol–water partition coefficient (Wildman–Crippen LogP) is 2.18. The molecule has 106 valence electrons. The lowest BCUT2D eigenvalue weighted by Gasteiger charge is -1.94. The second-order valence-electron chi connectivity index (χ2n) is 4.19. The van der Waals surface area contributed by atoms with Gasteiger partial charge in [-0.15, -0.1) is 0 Å². The summed E-state index contributed by atoms with van der Waals surface area (Å²) in [6.07, 6.45) is 1.11. The monoisotopic (exact) mass is 289 g/mol. The highest BCUT2D eigenvalue weighted by atomic mass is 19.1. The van der Waals surface area contributed by atoms with Crippen molar-refractivity contribution in [3.8, 4) is 23.0 Å². The molecule has 0 saturated carbocycles. The smallest absolute Gasteiger partial charge is 0.320 e. The first-order chi connectivity index (χ1) is 10.1. The molecule has 0 spiro atoms. The van der Waals surface area contributed by atoms with E-state index < -0.39 is 4.92 Å². The van der Waals surface area contributed by atoms with Crippen LogP contribution in [0.15, 0.2) is 35.0 Å². The van der Waals surface area contributed by atoms with E-state index in [0.717, 1.165) is 6.20 Å². The number of halogens is 1. The molecule has 0 unspecified atom stereocenters. The van der Waals surface area contributed by atoms with Crippen molar-refractivity contribution in [3.05, 3.63) is 46.4 Å². The van der Waals surface area contributed by atoms with Crippen LogP contribution in [-0.4, -0.2) is 24.8 Å². The molecule has 0 N–H and O–H groups in total. The Labute approximate surface area is 117 Å². The molecule has 0 saturated heterocycles. The number of hydrogen-bond donors (Lipinski definition) is 0. The van der Waals surface area contributed by atoms with Crippen molar-refractivity contribution in [2.75, 3.05) is 0 Å². The highest BCUT2D eigenvalue weighted by Crippen LogP contribution is 2.29. The first-order valence-corrected chi connectivity index (χ1v) is 5.82. The lowest BCUT2D eigenvalue weighted by atomic mass is 10.2. The summed E-state index contributed by atoms with van der Waals surface area (Å²) < 4.78 is 19.2. The van der Waals surface area contributed by atoms with Gasteiger partial charge < -0.3 is 4.52 Å². The zero-order valence-electron chi connectivity index (χ0n) is 10.7. The second kappa shape index (κ2) is 4.78. The average molecular weight is 289 g/mol. The number of rotatable bonds is 3. The van der Waals surface area contributed by atoms with Crippen LogP contribution in [0.25, 0.3) is 23.0 Å². The van der Waals surface area contributed by atoms with Gasteiger partial charge in [0, 0.05) is 12.6 Å². The highest BCUT2D eigenvalue weighted by molar-refractivity contribution is 5.64. The minimum atomic E-state index is -0.579. The van der Waals surface area contributed by atoms with Gasteiger partial charge in [-0.3, -0.25) is 14.8 Å². The van der Waals surface area contributed by atoms with Crippen molar-refractivity contribution in [2.45, 2.75) is 0 Å². The van der Waals surface area contributed by atoms with Crippen LogP contribution in [0.5, 0.6) is 0 Å². The van der Waals surface area contributed by atoms with Crippen molar-refractivity contribution >= 4 is 5.69 Å². The van der Waals surface area contributed by atoms with Gasteiger partial charge in [-0.05, 0) is 24.3 Å². The maximum atomic E-state index is 12.9. The summed E-state index contributed by atoms with van der Waals surface area (Å²) in [6, 6.07) is 5.50. The van der Waals surface area contributed by atoms with Crippen LogP contribution in [-0.2, 0) is 7.05 Å². The van der Waals surface area contributed by atoms with Gasteiger partial charge >= 0.3 is 5.69 Å². The Hall–Kier alpha value is -3.10.